The summed E-state index contributed by atoms with van der Waals surface area (Å²) in [5.74, 6) is -1.50. The van der Waals surface area contributed by atoms with Crippen molar-refractivity contribution in [3.8, 4) is 0 Å². The number of sulfonamides is 1. The zero-order valence-electron chi connectivity index (χ0n) is 16.1. The van der Waals surface area contributed by atoms with E-state index in [4.69, 9.17) is 0 Å². The summed E-state index contributed by atoms with van der Waals surface area (Å²) in [7, 11) is -2.46. The molecule has 7 heteroatoms. The lowest BCUT2D eigenvalue weighted by Gasteiger charge is -2.18. The highest BCUT2D eigenvalue weighted by Gasteiger charge is 2.24. The molecule has 0 saturated carbocycles. The fourth-order valence-corrected chi connectivity index (χ4v) is 4.05. The van der Waals surface area contributed by atoms with E-state index in [1.54, 1.807) is 18.2 Å². The van der Waals surface area contributed by atoms with Crippen molar-refractivity contribution in [2.45, 2.75) is 18.4 Å². The summed E-state index contributed by atoms with van der Waals surface area (Å²) < 4.78 is 41.2. The average molecular weight is 412 g/mol. The van der Waals surface area contributed by atoms with Gasteiger partial charge in [0.15, 0.2) is 0 Å². The minimum atomic E-state index is -3.90. The molecule has 0 aliphatic heterocycles. The number of nitrogens with one attached hydrogen (secondary N) is 1. The Balaban J connectivity index is 1.86. The number of nitrogens with zero attached hydrogens (tertiary/aromatic N) is 1. The zero-order valence-corrected chi connectivity index (χ0v) is 16.9. The maximum atomic E-state index is 14.3. The Hall–Kier alpha value is -3.03. The van der Waals surface area contributed by atoms with Crippen molar-refractivity contribution >= 4 is 21.6 Å². The van der Waals surface area contributed by atoms with Crippen molar-refractivity contribution in [2.24, 2.45) is 0 Å². The van der Waals surface area contributed by atoms with Crippen LogP contribution in [0.25, 0.3) is 0 Å². The van der Waals surface area contributed by atoms with Crippen molar-refractivity contribution in [1.29, 1.82) is 0 Å². The van der Waals surface area contributed by atoms with E-state index in [1.807, 2.05) is 43.3 Å². The molecule has 5 nitrogen and oxygen atoms in total. The van der Waals surface area contributed by atoms with E-state index in [2.05, 4.69) is 5.32 Å². The van der Waals surface area contributed by atoms with Crippen LogP contribution in [-0.4, -0.2) is 25.7 Å². The van der Waals surface area contributed by atoms with Gasteiger partial charge in [-0.2, -0.15) is 4.31 Å². The van der Waals surface area contributed by atoms with Crippen LogP contribution in [0.3, 0.4) is 0 Å². The summed E-state index contributed by atoms with van der Waals surface area (Å²) in [6, 6.07) is 19.4. The molecule has 3 aromatic rings. The number of aryl methyl sites for hydroxylation is 1. The van der Waals surface area contributed by atoms with Gasteiger partial charge in [0.25, 0.3) is 5.91 Å². The van der Waals surface area contributed by atoms with Gasteiger partial charge in [-0.3, -0.25) is 4.79 Å². The molecule has 1 amide bonds. The maximum absolute atomic E-state index is 14.3. The molecule has 3 rings (SSSR count). The van der Waals surface area contributed by atoms with E-state index < -0.39 is 21.7 Å². The van der Waals surface area contributed by atoms with Crippen LogP contribution >= 0.6 is 0 Å². The van der Waals surface area contributed by atoms with E-state index in [0.29, 0.717) is 5.69 Å². The number of rotatable bonds is 6. The average Bonchev–Trinajstić information content (AvgIpc) is 2.68. The number of hydrogen-bond acceptors (Lipinski definition) is 3. The van der Waals surface area contributed by atoms with Gasteiger partial charge in [-0.1, -0.05) is 42.5 Å². The molecule has 0 bridgehead atoms. The molecule has 0 aliphatic rings. The number of hydrogen-bond donors (Lipinski definition) is 1. The van der Waals surface area contributed by atoms with Crippen LogP contribution in [0.15, 0.2) is 77.7 Å². The maximum Gasteiger partial charge on any atom is 0.258 e. The molecule has 150 valence electrons. The van der Waals surface area contributed by atoms with Gasteiger partial charge in [-0.25, -0.2) is 12.8 Å². The molecule has 0 aliphatic carbocycles. The highest BCUT2D eigenvalue weighted by atomic mass is 32.2. The highest BCUT2D eigenvalue weighted by molar-refractivity contribution is 7.89. The summed E-state index contributed by atoms with van der Waals surface area (Å²) in [6.45, 7) is 2.03. The van der Waals surface area contributed by atoms with Crippen molar-refractivity contribution in [3.05, 3.63) is 95.3 Å². The molecule has 1 N–H and O–H groups in total. The van der Waals surface area contributed by atoms with Gasteiger partial charge in [-0.05, 0) is 48.4 Å². The second-order valence-electron chi connectivity index (χ2n) is 6.71. The lowest BCUT2D eigenvalue weighted by molar-refractivity contribution is 0.102. The highest BCUT2D eigenvalue weighted by Crippen LogP contribution is 2.21. The third-order valence-corrected chi connectivity index (χ3v) is 6.21. The number of halogens is 1. The number of anilines is 1. The SMILES string of the molecule is Cc1cccc(NC(=O)c2cc(S(=O)(=O)N(C)Cc3ccccc3)ccc2F)c1. The Morgan fingerprint density at radius 2 is 1.72 bits per heavy atom. The van der Waals surface area contributed by atoms with Crippen molar-refractivity contribution < 1.29 is 17.6 Å². The number of amides is 1. The normalized spacial score (nSPS) is 11.4. The first kappa shape index (κ1) is 20.7. The van der Waals surface area contributed by atoms with E-state index in [0.717, 1.165) is 33.6 Å². The minimum absolute atomic E-state index is 0.147. The Morgan fingerprint density at radius 3 is 2.41 bits per heavy atom. The molecule has 29 heavy (non-hydrogen) atoms. The molecular weight excluding hydrogens is 391 g/mol. The number of benzene rings is 3. The lowest BCUT2D eigenvalue weighted by Crippen LogP contribution is -2.27. The first-order chi connectivity index (χ1) is 13.8. The smallest absolute Gasteiger partial charge is 0.258 e. The van der Waals surface area contributed by atoms with Gasteiger partial charge in [0.1, 0.15) is 5.82 Å². The molecule has 0 fully saturated rings. The second-order valence-corrected chi connectivity index (χ2v) is 8.76. The number of carbonyl (C=O) groups is 1. The van der Waals surface area contributed by atoms with E-state index in [9.17, 15) is 17.6 Å². The lowest BCUT2D eigenvalue weighted by atomic mass is 10.1. The van der Waals surface area contributed by atoms with Crippen LogP contribution in [0.5, 0.6) is 0 Å². The van der Waals surface area contributed by atoms with Gasteiger partial charge in [0, 0.05) is 19.3 Å². The zero-order chi connectivity index (χ0) is 21.0. The van der Waals surface area contributed by atoms with E-state index >= 15 is 0 Å². The Labute approximate surface area is 169 Å². The third-order valence-electron chi connectivity index (χ3n) is 4.41. The van der Waals surface area contributed by atoms with Gasteiger partial charge in [0.2, 0.25) is 10.0 Å². The van der Waals surface area contributed by atoms with E-state index in [-0.39, 0.29) is 17.0 Å². The molecule has 0 aromatic heterocycles. The molecular formula is C22H21FN2O3S. The van der Waals surface area contributed by atoms with Crippen LogP contribution in [0.4, 0.5) is 10.1 Å². The predicted molar refractivity (Wildman–Crippen MR) is 111 cm³/mol. The summed E-state index contributed by atoms with van der Waals surface area (Å²) in [5.41, 5.74) is 1.92. The molecule has 0 atom stereocenters. The molecule has 0 radical (unpaired) electrons. The summed E-state index contributed by atoms with van der Waals surface area (Å²) in [5, 5.41) is 2.60. The third kappa shape index (κ3) is 4.88. The number of carbonyl (C=O) groups excluding carboxylic acids is 1. The van der Waals surface area contributed by atoms with Crippen molar-refractivity contribution in [1.82, 2.24) is 4.31 Å². The summed E-state index contributed by atoms with van der Waals surface area (Å²) in [4.78, 5) is 12.4. The quantitative estimate of drug-likeness (QED) is 0.660. The van der Waals surface area contributed by atoms with Crippen LogP contribution in [0.2, 0.25) is 0 Å². The fourth-order valence-electron chi connectivity index (χ4n) is 2.87. The van der Waals surface area contributed by atoms with Gasteiger partial charge >= 0.3 is 0 Å². The molecule has 0 unspecified atom stereocenters. The van der Waals surface area contributed by atoms with Crippen LogP contribution in [0, 0.1) is 12.7 Å². The topological polar surface area (TPSA) is 66.5 Å². The molecule has 0 heterocycles. The van der Waals surface area contributed by atoms with Gasteiger partial charge in [0.05, 0.1) is 10.5 Å². The molecule has 0 saturated heterocycles. The van der Waals surface area contributed by atoms with Crippen LogP contribution in [0.1, 0.15) is 21.5 Å². The monoisotopic (exact) mass is 412 g/mol. The largest absolute Gasteiger partial charge is 0.322 e. The van der Waals surface area contributed by atoms with Crippen molar-refractivity contribution in [2.75, 3.05) is 12.4 Å². The van der Waals surface area contributed by atoms with Gasteiger partial charge < -0.3 is 5.32 Å². The molecule has 0 spiro atoms. The Kier molecular flexibility index (Phi) is 6.10. The minimum Gasteiger partial charge on any atom is -0.322 e. The van der Waals surface area contributed by atoms with Crippen LogP contribution < -0.4 is 5.32 Å². The predicted octanol–water partition coefficient (Wildman–Crippen LogP) is 4.21. The summed E-state index contributed by atoms with van der Waals surface area (Å²) >= 11 is 0. The first-order valence-corrected chi connectivity index (χ1v) is 10.4. The Morgan fingerprint density at radius 1 is 1.00 bits per heavy atom. The van der Waals surface area contributed by atoms with Gasteiger partial charge in [-0.15, -0.1) is 0 Å². The standard InChI is InChI=1S/C22H21FN2O3S/c1-16-7-6-10-18(13-16)24-22(26)20-14-19(11-12-21(20)23)29(27,28)25(2)15-17-8-4-3-5-9-17/h3-14H,15H2,1-2H3,(H,24,26). The van der Waals surface area contributed by atoms with Crippen LogP contribution in [-0.2, 0) is 16.6 Å². The van der Waals surface area contributed by atoms with Crippen molar-refractivity contribution in [3.63, 3.8) is 0 Å². The summed E-state index contributed by atoms with van der Waals surface area (Å²) in [6.07, 6.45) is 0. The Bertz CT molecular complexity index is 1130. The second kappa shape index (κ2) is 8.55. The van der Waals surface area contributed by atoms with E-state index in [1.165, 1.54) is 7.05 Å². The first-order valence-electron chi connectivity index (χ1n) is 8.95. The molecule has 3 aromatic carbocycles. The fraction of sp³-hybridized carbons (Fsp3) is 0.136.